The molecule has 8 heteroatoms. The second-order valence-electron chi connectivity index (χ2n) is 8.74. The lowest BCUT2D eigenvalue weighted by atomic mass is 9.83. The molecule has 1 fully saturated rings. The minimum Gasteiger partial charge on any atom is -0.444 e. The molecule has 1 aliphatic rings. The van der Waals surface area contributed by atoms with E-state index in [1.54, 1.807) is 7.05 Å². The van der Waals surface area contributed by atoms with Crippen molar-refractivity contribution in [2.24, 2.45) is 5.92 Å². The zero-order chi connectivity index (χ0) is 21.7. The molecule has 1 saturated heterocycles. The van der Waals surface area contributed by atoms with Crippen molar-refractivity contribution < 1.29 is 23.8 Å². The normalized spacial score (nSPS) is 19.6. The van der Waals surface area contributed by atoms with Gasteiger partial charge >= 0.3 is 6.09 Å². The summed E-state index contributed by atoms with van der Waals surface area (Å²) in [5, 5.41) is 2.62. The standard InChI is InChI=1S/C21H34N2O5S/c1-15(2)21(10-11-24,23(6)19(25)28-20(3,4)5)18-22-16(14-29-18)13-27-17-9-7-8-12-26-17/h11,14-15,17H,7-10,12-13H2,1-6H3/t17?,21-/m1/s1. The van der Waals surface area contributed by atoms with Crippen LogP contribution >= 0.6 is 11.3 Å². The molecule has 1 aromatic rings. The van der Waals surface area contributed by atoms with Crippen LogP contribution in [0.5, 0.6) is 0 Å². The number of carbonyl (C=O) groups excluding carboxylic acids is 2. The molecule has 0 saturated carbocycles. The Morgan fingerprint density at radius 2 is 2.14 bits per heavy atom. The zero-order valence-corrected chi connectivity index (χ0v) is 19.2. The Bertz CT molecular complexity index is 679. The molecule has 1 unspecified atom stereocenters. The van der Waals surface area contributed by atoms with Gasteiger partial charge in [0.05, 0.1) is 12.3 Å². The molecule has 1 aromatic heterocycles. The highest BCUT2D eigenvalue weighted by atomic mass is 32.1. The first-order chi connectivity index (χ1) is 13.6. The second-order valence-corrected chi connectivity index (χ2v) is 9.60. The van der Waals surface area contributed by atoms with Crippen molar-refractivity contribution in [3.05, 3.63) is 16.1 Å². The third-order valence-electron chi connectivity index (χ3n) is 5.09. The van der Waals surface area contributed by atoms with E-state index in [4.69, 9.17) is 19.2 Å². The predicted octanol–water partition coefficient (Wildman–Crippen LogP) is 4.49. The van der Waals surface area contributed by atoms with Crippen LogP contribution in [-0.2, 0) is 31.2 Å². The van der Waals surface area contributed by atoms with Crippen molar-refractivity contribution >= 4 is 23.7 Å². The summed E-state index contributed by atoms with van der Waals surface area (Å²) in [4.78, 5) is 30.7. The molecule has 2 atom stereocenters. The molecule has 7 nitrogen and oxygen atoms in total. The summed E-state index contributed by atoms with van der Waals surface area (Å²) in [6.45, 7) is 10.5. The molecule has 1 aliphatic heterocycles. The lowest BCUT2D eigenvalue weighted by Crippen LogP contribution is -2.52. The third-order valence-corrected chi connectivity index (χ3v) is 6.15. The van der Waals surface area contributed by atoms with Crippen molar-refractivity contribution in [3.63, 3.8) is 0 Å². The SMILES string of the molecule is CC(C)[C@](CC=O)(c1nc(COC2CCCCO2)cs1)N(C)C(=O)OC(C)(C)C. The third kappa shape index (κ3) is 5.99. The van der Waals surface area contributed by atoms with Gasteiger partial charge in [-0.15, -0.1) is 11.3 Å². The maximum absolute atomic E-state index is 12.8. The van der Waals surface area contributed by atoms with Crippen molar-refractivity contribution in [1.82, 2.24) is 9.88 Å². The van der Waals surface area contributed by atoms with Crippen molar-refractivity contribution in [3.8, 4) is 0 Å². The number of aromatic nitrogens is 1. The molecule has 0 aromatic carbocycles. The minimum atomic E-state index is -0.881. The number of nitrogens with zero attached hydrogens (tertiary/aromatic N) is 2. The number of hydrogen-bond donors (Lipinski definition) is 0. The monoisotopic (exact) mass is 426 g/mol. The summed E-state index contributed by atoms with van der Waals surface area (Å²) < 4.78 is 17.0. The van der Waals surface area contributed by atoms with Gasteiger partial charge in [-0.25, -0.2) is 9.78 Å². The van der Waals surface area contributed by atoms with Crippen LogP contribution in [0.4, 0.5) is 4.79 Å². The highest BCUT2D eigenvalue weighted by Crippen LogP contribution is 2.40. The van der Waals surface area contributed by atoms with Gasteiger partial charge in [-0.1, -0.05) is 13.8 Å². The summed E-state index contributed by atoms with van der Waals surface area (Å²) in [5.41, 5.74) is -0.737. The molecule has 0 radical (unpaired) electrons. The van der Waals surface area contributed by atoms with Gasteiger partial charge in [0.25, 0.3) is 0 Å². The number of aldehydes is 1. The van der Waals surface area contributed by atoms with Gasteiger partial charge < -0.3 is 19.0 Å². The smallest absolute Gasteiger partial charge is 0.410 e. The number of carbonyl (C=O) groups is 2. The van der Waals surface area contributed by atoms with Crippen LogP contribution in [0.3, 0.4) is 0 Å². The number of rotatable bonds is 8. The zero-order valence-electron chi connectivity index (χ0n) is 18.4. The second kappa shape index (κ2) is 10.00. The lowest BCUT2D eigenvalue weighted by Gasteiger charge is -2.42. The largest absolute Gasteiger partial charge is 0.444 e. The van der Waals surface area contributed by atoms with E-state index in [1.807, 2.05) is 40.0 Å². The quantitative estimate of drug-likeness (QED) is 0.570. The highest BCUT2D eigenvalue weighted by Gasteiger charge is 2.46. The Balaban J connectivity index is 2.23. The summed E-state index contributed by atoms with van der Waals surface area (Å²) in [7, 11) is 1.67. The average Bonchev–Trinajstić information content (AvgIpc) is 3.12. The van der Waals surface area contributed by atoms with E-state index < -0.39 is 17.2 Å². The summed E-state index contributed by atoms with van der Waals surface area (Å²) >= 11 is 1.43. The summed E-state index contributed by atoms with van der Waals surface area (Å²) in [5.74, 6) is -0.0492. The summed E-state index contributed by atoms with van der Waals surface area (Å²) in [6, 6.07) is 0. The molecule has 2 heterocycles. The topological polar surface area (TPSA) is 78.0 Å². The van der Waals surface area contributed by atoms with Gasteiger partial charge in [-0.3, -0.25) is 4.90 Å². The van der Waals surface area contributed by atoms with E-state index in [2.05, 4.69) is 0 Å². The molecule has 0 bridgehead atoms. The van der Waals surface area contributed by atoms with Gasteiger partial charge in [-0.05, 0) is 46.0 Å². The Labute approximate surface area is 177 Å². The minimum absolute atomic E-state index is 0.0492. The molecular weight excluding hydrogens is 392 g/mol. The van der Waals surface area contributed by atoms with Gasteiger partial charge in [0.1, 0.15) is 22.4 Å². The predicted molar refractivity (Wildman–Crippen MR) is 112 cm³/mol. The Morgan fingerprint density at radius 1 is 1.41 bits per heavy atom. The first kappa shape index (κ1) is 23.8. The van der Waals surface area contributed by atoms with Crippen LogP contribution in [0.25, 0.3) is 0 Å². The number of thiazole rings is 1. The van der Waals surface area contributed by atoms with Gasteiger partial charge in [0.15, 0.2) is 6.29 Å². The van der Waals surface area contributed by atoms with E-state index in [-0.39, 0.29) is 18.6 Å². The van der Waals surface area contributed by atoms with Crippen molar-refractivity contribution in [2.45, 2.75) is 84.3 Å². The van der Waals surface area contributed by atoms with Crippen LogP contribution in [0.1, 0.15) is 71.0 Å². The fourth-order valence-electron chi connectivity index (χ4n) is 3.45. The fraction of sp³-hybridized carbons (Fsp3) is 0.762. The van der Waals surface area contributed by atoms with E-state index in [9.17, 15) is 9.59 Å². The number of hydrogen-bond acceptors (Lipinski definition) is 7. The van der Waals surface area contributed by atoms with Gasteiger partial charge in [0.2, 0.25) is 0 Å². The number of amides is 1. The first-order valence-electron chi connectivity index (χ1n) is 10.2. The molecule has 0 aliphatic carbocycles. The molecule has 1 amide bonds. The Hall–Kier alpha value is -1.51. The van der Waals surface area contributed by atoms with Gasteiger partial charge in [0, 0.05) is 25.5 Å². The van der Waals surface area contributed by atoms with E-state index in [0.29, 0.717) is 11.6 Å². The van der Waals surface area contributed by atoms with Crippen LogP contribution < -0.4 is 0 Å². The van der Waals surface area contributed by atoms with Gasteiger partial charge in [-0.2, -0.15) is 0 Å². The fourth-order valence-corrected chi connectivity index (χ4v) is 4.65. The summed E-state index contributed by atoms with van der Waals surface area (Å²) in [6.07, 6.45) is 3.37. The first-order valence-corrected chi connectivity index (χ1v) is 11.1. The Morgan fingerprint density at radius 3 is 2.69 bits per heavy atom. The van der Waals surface area contributed by atoms with Crippen LogP contribution in [0.15, 0.2) is 5.38 Å². The Kier molecular flexibility index (Phi) is 8.19. The number of ether oxygens (including phenoxy) is 3. The molecule has 164 valence electrons. The molecule has 2 rings (SSSR count). The average molecular weight is 427 g/mol. The van der Waals surface area contributed by atoms with E-state index in [1.165, 1.54) is 16.2 Å². The molecule has 0 spiro atoms. The van der Waals surface area contributed by atoms with Crippen LogP contribution in [0, 0.1) is 5.92 Å². The maximum Gasteiger partial charge on any atom is 0.410 e. The van der Waals surface area contributed by atoms with Crippen LogP contribution in [0.2, 0.25) is 0 Å². The van der Waals surface area contributed by atoms with E-state index in [0.717, 1.165) is 37.8 Å². The van der Waals surface area contributed by atoms with Crippen molar-refractivity contribution in [1.29, 1.82) is 0 Å². The van der Waals surface area contributed by atoms with E-state index >= 15 is 0 Å². The molecule has 0 N–H and O–H groups in total. The highest BCUT2D eigenvalue weighted by molar-refractivity contribution is 7.09. The van der Waals surface area contributed by atoms with Crippen molar-refractivity contribution in [2.75, 3.05) is 13.7 Å². The maximum atomic E-state index is 12.8. The molecular formula is C21H34N2O5S. The molecule has 29 heavy (non-hydrogen) atoms. The lowest BCUT2D eigenvalue weighted by molar-refractivity contribution is -0.169. The van der Waals surface area contributed by atoms with Crippen LogP contribution in [-0.4, -0.2) is 47.8 Å².